The number of anilines is 1. The van der Waals surface area contributed by atoms with Gasteiger partial charge in [0.2, 0.25) is 0 Å². The van der Waals surface area contributed by atoms with E-state index in [0.717, 1.165) is 49.3 Å². The maximum Gasteiger partial charge on any atom is 0.387 e. The smallest absolute Gasteiger partial charge is 0.387 e. The highest BCUT2D eigenvalue weighted by atomic mass is 79.9. The minimum atomic E-state index is -2.84. The molecule has 0 amide bonds. The SMILES string of the molecule is CC(C)(C)c1ccc(C2(O)CN(c3ccc(OC(F)F)cc3)C3=[N+]2CCCCC3)cc1.[Br-]. The van der Waals surface area contributed by atoms with E-state index in [-0.39, 0.29) is 28.1 Å². The normalized spacial score (nSPS) is 21.3. The fourth-order valence-electron chi connectivity index (χ4n) is 4.60. The quantitative estimate of drug-likeness (QED) is 0.643. The van der Waals surface area contributed by atoms with E-state index in [4.69, 9.17) is 0 Å². The van der Waals surface area contributed by atoms with Crippen molar-refractivity contribution in [3.63, 3.8) is 0 Å². The monoisotopic (exact) mass is 508 g/mol. The average Bonchev–Trinajstić information content (AvgIpc) is 2.87. The fourth-order valence-corrected chi connectivity index (χ4v) is 4.60. The van der Waals surface area contributed by atoms with Gasteiger partial charge in [-0.2, -0.15) is 8.78 Å². The predicted molar refractivity (Wildman–Crippen MR) is 118 cm³/mol. The number of nitrogens with zero attached hydrogens (tertiary/aromatic N) is 2. The van der Waals surface area contributed by atoms with Gasteiger partial charge in [0.15, 0.2) is 6.54 Å². The minimum Gasteiger partial charge on any atom is -1.00 e. The molecule has 0 bridgehead atoms. The molecule has 2 aliphatic rings. The summed E-state index contributed by atoms with van der Waals surface area (Å²) in [6, 6.07) is 14.9. The minimum absolute atomic E-state index is 0. The molecule has 0 saturated carbocycles. The van der Waals surface area contributed by atoms with Crippen LogP contribution in [0.25, 0.3) is 0 Å². The summed E-state index contributed by atoms with van der Waals surface area (Å²) in [5, 5.41) is 11.9. The molecule has 1 atom stereocenters. The molecule has 0 radical (unpaired) electrons. The zero-order chi connectivity index (χ0) is 22.2. The Bertz CT molecular complexity index is 955. The molecule has 0 aromatic heterocycles. The van der Waals surface area contributed by atoms with Gasteiger partial charge in [-0.05, 0) is 54.5 Å². The lowest BCUT2D eigenvalue weighted by Gasteiger charge is -2.25. The Kier molecular flexibility index (Phi) is 7.30. The van der Waals surface area contributed by atoms with E-state index < -0.39 is 12.3 Å². The summed E-state index contributed by atoms with van der Waals surface area (Å²) >= 11 is 0. The molecule has 7 heteroatoms. The van der Waals surface area contributed by atoms with Crippen LogP contribution in [0.4, 0.5) is 14.5 Å². The Balaban J connectivity index is 0.00000289. The molecule has 0 saturated heterocycles. The van der Waals surface area contributed by atoms with Gasteiger partial charge in [0.05, 0.1) is 6.54 Å². The van der Waals surface area contributed by atoms with Crippen LogP contribution in [0.1, 0.15) is 57.6 Å². The molecule has 0 spiro atoms. The number of halogens is 3. The van der Waals surface area contributed by atoms with Crippen LogP contribution in [-0.4, -0.2) is 35.2 Å². The molecule has 4 rings (SSSR count). The number of amidine groups is 1. The lowest BCUT2D eigenvalue weighted by atomic mass is 9.86. The summed E-state index contributed by atoms with van der Waals surface area (Å²) in [4.78, 5) is 2.12. The first-order valence-corrected chi connectivity index (χ1v) is 11.0. The second-order valence-corrected chi connectivity index (χ2v) is 9.48. The third kappa shape index (κ3) is 4.84. The van der Waals surface area contributed by atoms with Crippen LogP contribution in [0.3, 0.4) is 0 Å². The first kappa shape index (κ1) is 24.6. The Morgan fingerprint density at radius 1 is 1.00 bits per heavy atom. The molecule has 2 aliphatic heterocycles. The van der Waals surface area contributed by atoms with Gasteiger partial charge in [-0.25, -0.2) is 9.48 Å². The van der Waals surface area contributed by atoms with E-state index in [1.54, 1.807) is 24.3 Å². The van der Waals surface area contributed by atoms with Gasteiger partial charge in [0.1, 0.15) is 11.4 Å². The highest BCUT2D eigenvalue weighted by Crippen LogP contribution is 2.36. The van der Waals surface area contributed by atoms with Crippen molar-refractivity contribution in [2.24, 2.45) is 0 Å². The van der Waals surface area contributed by atoms with Crippen molar-refractivity contribution in [1.29, 1.82) is 0 Å². The van der Waals surface area contributed by atoms with Crippen molar-refractivity contribution < 1.29 is 40.2 Å². The lowest BCUT2D eigenvalue weighted by Crippen LogP contribution is -3.00. The van der Waals surface area contributed by atoms with Crippen molar-refractivity contribution in [1.82, 2.24) is 0 Å². The summed E-state index contributed by atoms with van der Waals surface area (Å²) in [5.41, 5.74) is 1.88. The number of benzene rings is 2. The lowest BCUT2D eigenvalue weighted by molar-refractivity contribution is -0.658. The number of hydrogen-bond donors (Lipinski definition) is 1. The molecule has 1 unspecified atom stereocenters. The number of alkyl halides is 2. The Hall–Kier alpha value is -1.99. The molecule has 2 aromatic rings. The summed E-state index contributed by atoms with van der Waals surface area (Å²) < 4.78 is 31.6. The van der Waals surface area contributed by atoms with Gasteiger partial charge in [-0.1, -0.05) is 45.0 Å². The van der Waals surface area contributed by atoms with Crippen molar-refractivity contribution in [3.05, 3.63) is 59.7 Å². The maximum absolute atomic E-state index is 12.5. The van der Waals surface area contributed by atoms with E-state index in [9.17, 15) is 13.9 Å². The number of ether oxygens (including phenoxy) is 1. The van der Waals surface area contributed by atoms with Crippen molar-refractivity contribution in [2.75, 3.05) is 18.0 Å². The van der Waals surface area contributed by atoms with E-state index in [0.29, 0.717) is 6.54 Å². The first-order valence-electron chi connectivity index (χ1n) is 11.0. The standard InChI is InChI=1S/C25H31F2N2O2.BrH/c1-24(2,3)18-8-10-19(11-9-18)25(30)17-28(22-7-5-4-6-16-29(22)25)20-12-14-21(15-13-20)31-23(26)27;/h8-15,23,30H,4-7,16-17H2,1-3H3;1H/q+1;/p-1. The third-order valence-electron chi connectivity index (χ3n) is 6.32. The number of hydrogen-bond acceptors (Lipinski definition) is 3. The van der Waals surface area contributed by atoms with Crippen LogP contribution < -0.4 is 26.6 Å². The molecule has 0 fully saturated rings. The fraction of sp³-hybridized carbons (Fsp3) is 0.480. The first-order chi connectivity index (χ1) is 14.7. The van der Waals surface area contributed by atoms with Crippen LogP contribution >= 0.6 is 0 Å². The Morgan fingerprint density at radius 2 is 1.66 bits per heavy atom. The summed E-state index contributed by atoms with van der Waals surface area (Å²) in [6.07, 6.45) is 4.08. The zero-order valence-corrected chi connectivity index (χ0v) is 20.4. The van der Waals surface area contributed by atoms with Crippen molar-refractivity contribution >= 4 is 11.5 Å². The number of rotatable bonds is 4. The summed E-state index contributed by atoms with van der Waals surface area (Å²) in [6.45, 7) is 4.87. The molecular formula is C25H31BrF2N2O2. The van der Waals surface area contributed by atoms with Crippen LogP contribution in [0, 0.1) is 0 Å². The molecule has 32 heavy (non-hydrogen) atoms. The second-order valence-electron chi connectivity index (χ2n) is 9.48. The van der Waals surface area contributed by atoms with Crippen LogP contribution in [-0.2, 0) is 11.1 Å². The van der Waals surface area contributed by atoms with Crippen molar-refractivity contribution in [3.8, 4) is 5.75 Å². The largest absolute Gasteiger partial charge is 1.00 e. The average molecular weight is 509 g/mol. The zero-order valence-electron chi connectivity index (χ0n) is 18.8. The summed E-state index contributed by atoms with van der Waals surface area (Å²) in [5.74, 6) is 1.22. The summed E-state index contributed by atoms with van der Waals surface area (Å²) in [7, 11) is 0. The maximum atomic E-state index is 12.5. The molecule has 4 nitrogen and oxygen atoms in total. The molecule has 174 valence electrons. The van der Waals surface area contributed by atoms with E-state index in [1.165, 1.54) is 5.56 Å². The second kappa shape index (κ2) is 9.48. The Labute approximate surface area is 199 Å². The van der Waals surface area contributed by atoms with Gasteiger partial charge in [0.25, 0.3) is 11.6 Å². The van der Waals surface area contributed by atoms with Gasteiger partial charge >= 0.3 is 6.61 Å². The van der Waals surface area contributed by atoms with Gasteiger partial charge in [-0.3, -0.25) is 0 Å². The predicted octanol–water partition coefficient (Wildman–Crippen LogP) is 2.24. The van der Waals surface area contributed by atoms with Gasteiger partial charge in [0, 0.05) is 12.0 Å². The van der Waals surface area contributed by atoms with Crippen molar-refractivity contribution in [2.45, 2.75) is 64.2 Å². The van der Waals surface area contributed by atoms with E-state index in [2.05, 4.69) is 47.1 Å². The highest BCUT2D eigenvalue weighted by molar-refractivity contribution is 5.96. The molecule has 2 heterocycles. The topological polar surface area (TPSA) is 35.7 Å². The third-order valence-corrected chi connectivity index (χ3v) is 6.32. The van der Waals surface area contributed by atoms with Crippen LogP contribution in [0.2, 0.25) is 0 Å². The van der Waals surface area contributed by atoms with E-state index in [1.807, 2.05) is 12.1 Å². The molecule has 1 N–H and O–H groups in total. The number of aliphatic hydroxyl groups is 1. The molecule has 2 aromatic carbocycles. The Morgan fingerprint density at radius 3 is 2.25 bits per heavy atom. The van der Waals surface area contributed by atoms with E-state index >= 15 is 0 Å². The van der Waals surface area contributed by atoms with Crippen LogP contribution in [0.15, 0.2) is 48.5 Å². The molecular weight excluding hydrogens is 478 g/mol. The number of β-amino-alcohol motifs (C(OH)–C–C–N with tert-alkyl or cyclic N) is 1. The van der Waals surface area contributed by atoms with Gasteiger partial charge < -0.3 is 26.8 Å². The van der Waals surface area contributed by atoms with Gasteiger partial charge in [-0.15, -0.1) is 0 Å². The highest BCUT2D eigenvalue weighted by Gasteiger charge is 2.52. The molecule has 0 aliphatic carbocycles. The van der Waals surface area contributed by atoms with Crippen LogP contribution in [0.5, 0.6) is 5.75 Å².